The van der Waals surface area contributed by atoms with E-state index >= 15 is 0 Å². The first-order valence-corrected chi connectivity index (χ1v) is 6.16. The zero-order valence-electron chi connectivity index (χ0n) is 7.73. The van der Waals surface area contributed by atoms with Crippen LogP contribution in [0.15, 0.2) is 17.0 Å². The lowest BCUT2D eigenvalue weighted by Gasteiger charge is -2.05. The van der Waals surface area contributed by atoms with Crippen LogP contribution in [0, 0.1) is 15.9 Å². The monoisotopic (exact) mass is 289 g/mol. The normalized spacial score (nSPS) is 11.8. The standard InChI is InChI=1S/C7H3ClF3NO4S/c8-17(15,16)4-2-1-3(7(10)11)6(5(4)9)12(13)14/h1-2,7H. The molecule has 1 rings (SSSR count). The third-order valence-electron chi connectivity index (χ3n) is 1.79. The second-order valence-corrected chi connectivity index (χ2v) is 5.35. The quantitative estimate of drug-likeness (QED) is 0.487. The molecule has 0 saturated carbocycles. The summed E-state index contributed by atoms with van der Waals surface area (Å²) in [5.41, 5.74) is -2.81. The van der Waals surface area contributed by atoms with Gasteiger partial charge in [0.15, 0.2) is 0 Å². The van der Waals surface area contributed by atoms with Crippen LogP contribution in [0.2, 0.25) is 0 Å². The van der Waals surface area contributed by atoms with Gasteiger partial charge in [0.25, 0.3) is 15.5 Å². The highest BCUT2D eigenvalue weighted by atomic mass is 35.7. The Morgan fingerprint density at radius 1 is 1.35 bits per heavy atom. The predicted octanol–water partition coefficient (Wildman–Crippen LogP) is 2.60. The molecule has 0 N–H and O–H groups in total. The molecule has 0 fully saturated rings. The molecular weight excluding hydrogens is 287 g/mol. The Kier molecular flexibility index (Phi) is 3.62. The van der Waals surface area contributed by atoms with E-state index in [-0.39, 0.29) is 0 Å². The van der Waals surface area contributed by atoms with Gasteiger partial charge < -0.3 is 0 Å². The Morgan fingerprint density at radius 3 is 2.24 bits per heavy atom. The van der Waals surface area contributed by atoms with E-state index in [2.05, 4.69) is 0 Å². The number of nitro benzene ring substituents is 1. The maximum atomic E-state index is 13.4. The van der Waals surface area contributed by atoms with Gasteiger partial charge in [-0.05, 0) is 12.1 Å². The van der Waals surface area contributed by atoms with Crippen LogP contribution in [0.3, 0.4) is 0 Å². The highest BCUT2D eigenvalue weighted by Crippen LogP contribution is 2.35. The van der Waals surface area contributed by atoms with Gasteiger partial charge in [-0.25, -0.2) is 17.2 Å². The zero-order chi connectivity index (χ0) is 13.4. The molecule has 17 heavy (non-hydrogen) atoms. The van der Waals surface area contributed by atoms with E-state index < -0.39 is 42.4 Å². The Balaban J connectivity index is 3.67. The molecule has 0 bridgehead atoms. The molecule has 0 saturated heterocycles. The van der Waals surface area contributed by atoms with Gasteiger partial charge in [-0.15, -0.1) is 0 Å². The van der Waals surface area contributed by atoms with Crippen LogP contribution in [0.4, 0.5) is 18.9 Å². The number of benzene rings is 1. The van der Waals surface area contributed by atoms with Gasteiger partial charge in [-0.1, -0.05) is 0 Å². The van der Waals surface area contributed by atoms with Gasteiger partial charge in [-0.3, -0.25) is 10.1 Å². The summed E-state index contributed by atoms with van der Waals surface area (Å²) in [6.07, 6.45) is -3.31. The van der Waals surface area contributed by atoms with Crippen LogP contribution in [0.1, 0.15) is 12.0 Å². The van der Waals surface area contributed by atoms with Crippen LogP contribution < -0.4 is 0 Å². The Hall–Kier alpha value is -1.35. The lowest BCUT2D eigenvalue weighted by molar-refractivity contribution is -0.389. The number of nitrogens with zero attached hydrogens (tertiary/aromatic N) is 1. The summed E-state index contributed by atoms with van der Waals surface area (Å²) in [6, 6.07) is 0.896. The van der Waals surface area contributed by atoms with E-state index in [0.29, 0.717) is 12.1 Å². The lowest BCUT2D eigenvalue weighted by atomic mass is 10.2. The fourth-order valence-corrected chi connectivity index (χ4v) is 2.01. The van der Waals surface area contributed by atoms with E-state index in [1.165, 1.54) is 0 Å². The highest BCUT2D eigenvalue weighted by molar-refractivity contribution is 8.13. The fourth-order valence-electron chi connectivity index (χ4n) is 1.11. The molecule has 0 aromatic heterocycles. The summed E-state index contributed by atoms with van der Waals surface area (Å²) in [7, 11) is 0.210. The summed E-state index contributed by atoms with van der Waals surface area (Å²) in [5, 5.41) is 10.4. The summed E-state index contributed by atoms with van der Waals surface area (Å²) < 4.78 is 59.7. The number of halogens is 4. The van der Waals surface area contributed by atoms with Crippen molar-refractivity contribution in [2.75, 3.05) is 0 Å². The predicted molar refractivity (Wildman–Crippen MR) is 51.1 cm³/mol. The molecule has 0 unspecified atom stereocenters. The third kappa shape index (κ3) is 2.67. The largest absolute Gasteiger partial charge is 0.315 e. The summed E-state index contributed by atoms with van der Waals surface area (Å²) in [5.74, 6) is -1.90. The topological polar surface area (TPSA) is 77.3 Å². The summed E-state index contributed by atoms with van der Waals surface area (Å²) in [6.45, 7) is 0. The average Bonchev–Trinajstić information content (AvgIpc) is 2.13. The number of hydrogen-bond acceptors (Lipinski definition) is 4. The van der Waals surface area contributed by atoms with Crippen molar-refractivity contribution < 1.29 is 26.5 Å². The summed E-state index contributed by atoms with van der Waals surface area (Å²) in [4.78, 5) is 7.78. The van der Waals surface area contributed by atoms with Gasteiger partial charge >= 0.3 is 5.69 Å². The molecule has 0 amide bonds. The van der Waals surface area contributed by atoms with Gasteiger partial charge in [0.05, 0.1) is 10.5 Å². The van der Waals surface area contributed by atoms with Crippen molar-refractivity contribution in [2.45, 2.75) is 11.3 Å². The second kappa shape index (κ2) is 4.49. The maximum Gasteiger partial charge on any atom is 0.315 e. The van der Waals surface area contributed by atoms with Crippen molar-refractivity contribution in [3.8, 4) is 0 Å². The molecule has 0 radical (unpaired) electrons. The Morgan fingerprint density at radius 2 is 1.88 bits per heavy atom. The molecular formula is C7H3ClF3NO4S. The van der Waals surface area contributed by atoms with E-state index in [0.717, 1.165) is 0 Å². The van der Waals surface area contributed by atoms with Crippen LogP contribution in [0.25, 0.3) is 0 Å². The Labute approximate surface area is 97.4 Å². The van der Waals surface area contributed by atoms with Gasteiger partial charge in [0.1, 0.15) is 4.90 Å². The second-order valence-electron chi connectivity index (χ2n) is 2.81. The molecule has 0 atom stereocenters. The minimum Gasteiger partial charge on any atom is -0.258 e. The van der Waals surface area contributed by atoms with Crippen LogP contribution >= 0.6 is 10.7 Å². The Bertz CT molecular complexity index is 575. The third-order valence-corrected chi connectivity index (χ3v) is 3.13. The molecule has 1 aromatic rings. The molecule has 0 aliphatic carbocycles. The highest BCUT2D eigenvalue weighted by Gasteiger charge is 2.32. The molecule has 0 aliphatic rings. The van der Waals surface area contributed by atoms with E-state index in [1.807, 2.05) is 0 Å². The van der Waals surface area contributed by atoms with Crippen molar-refractivity contribution in [1.82, 2.24) is 0 Å². The molecule has 0 heterocycles. The van der Waals surface area contributed by atoms with Crippen molar-refractivity contribution >= 4 is 25.4 Å². The number of nitro groups is 1. The van der Waals surface area contributed by atoms with Crippen molar-refractivity contribution in [2.24, 2.45) is 0 Å². The molecule has 94 valence electrons. The van der Waals surface area contributed by atoms with Gasteiger partial charge in [0.2, 0.25) is 5.82 Å². The smallest absolute Gasteiger partial charge is 0.258 e. The fraction of sp³-hybridized carbons (Fsp3) is 0.143. The number of rotatable bonds is 3. The number of hydrogen-bond donors (Lipinski definition) is 0. The van der Waals surface area contributed by atoms with E-state index in [9.17, 15) is 31.7 Å². The first-order valence-electron chi connectivity index (χ1n) is 3.86. The average molecular weight is 290 g/mol. The van der Waals surface area contributed by atoms with Crippen molar-refractivity contribution in [3.63, 3.8) is 0 Å². The first kappa shape index (κ1) is 13.7. The van der Waals surface area contributed by atoms with Gasteiger partial charge in [0, 0.05) is 10.7 Å². The van der Waals surface area contributed by atoms with Crippen molar-refractivity contribution in [3.05, 3.63) is 33.6 Å². The number of alkyl halides is 2. The van der Waals surface area contributed by atoms with E-state index in [1.54, 1.807) is 0 Å². The lowest BCUT2D eigenvalue weighted by Crippen LogP contribution is -2.04. The molecule has 0 aliphatic heterocycles. The van der Waals surface area contributed by atoms with Gasteiger partial charge in [-0.2, -0.15) is 4.39 Å². The van der Waals surface area contributed by atoms with Crippen LogP contribution in [0.5, 0.6) is 0 Å². The molecule has 1 aromatic carbocycles. The molecule has 10 heteroatoms. The van der Waals surface area contributed by atoms with Crippen LogP contribution in [-0.2, 0) is 9.05 Å². The van der Waals surface area contributed by atoms with E-state index in [4.69, 9.17) is 10.7 Å². The summed E-state index contributed by atoms with van der Waals surface area (Å²) >= 11 is 0. The van der Waals surface area contributed by atoms with Crippen molar-refractivity contribution in [1.29, 1.82) is 0 Å². The molecule has 5 nitrogen and oxygen atoms in total. The zero-order valence-corrected chi connectivity index (χ0v) is 9.30. The molecule has 0 spiro atoms. The minimum atomic E-state index is -4.58. The maximum absolute atomic E-state index is 13.4. The minimum absolute atomic E-state index is 0.446. The SMILES string of the molecule is O=[N+]([O-])c1c(C(F)F)ccc(S(=O)(=O)Cl)c1F. The first-order chi connectivity index (χ1) is 7.66. The van der Waals surface area contributed by atoms with Crippen LogP contribution in [-0.4, -0.2) is 13.3 Å².